The minimum Gasteiger partial charge on any atom is -0.444 e. The number of likely N-dealkylation sites (tertiary alicyclic amines) is 1. The number of benzene rings is 1. The molecule has 1 amide bonds. The zero-order valence-electron chi connectivity index (χ0n) is 14.5. The maximum atomic E-state index is 12.7. The fourth-order valence-electron chi connectivity index (χ4n) is 2.89. The number of hydrogen-bond donors (Lipinski definition) is 0. The number of alkyl halides is 3. The maximum Gasteiger partial charge on any atom is 0.416 e. The van der Waals surface area contributed by atoms with Crippen LogP contribution in [0, 0.1) is 5.92 Å². The topological polar surface area (TPSA) is 29.5 Å². The molecule has 0 aliphatic carbocycles. The SMILES string of the molecule is C[C@@H]1CCN(C(=O)OC(C)(C)C)[C@H](c2ccc(C(F)(F)F)cc2)C1. The smallest absolute Gasteiger partial charge is 0.416 e. The third-order valence-corrected chi connectivity index (χ3v) is 4.12. The van der Waals surface area contributed by atoms with Crippen LogP contribution in [0.4, 0.5) is 18.0 Å². The van der Waals surface area contributed by atoms with Gasteiger partial charge in [-0.1, -0.05) is 19.1 Å². The molecule has 0 aromatic heterocycles. The zero-order valence-corrected chi connectivity index (χ0v) is 14.5. The molecule has 0 unspecified atom stereocenters. The van der Waals surface area contributed by atoms with E-state index in [0.29, 0.717) is 24.4 Å². The molecule has 1 fully saturated rings. The minimum atomic E-state index is -4.36. The Morgan fingerprint density at radius 1 is 1.17 bits per heavy atom. The average molecular weight is 343 g/mol. The lowest BCUT2D eigenvalue weighted by Gasteiger charge is -2.39. The lowest BCUT2D eigenvalue weighted by Crippen LogP contribution is -2.43. The second kappa shape index (κ2) is 6.65. The molecule has 24 heavy (non-hydrogen) atoms. The first-order valence-electron chi connectivity index (χ1n) is 8.14. The first-order valence-corrected chi connectivity index (χ1v) is 8.14. The van der Waals surface area contributed by atoms with Gasteiger partial charge in [0.15, 0.2) is 0 Å². The second-order valence-electron chi connectivity index (χ2n) is 7.44. The summed E-state index contributed by atoms with van der Waals surface area (Å²) in [6, 6.07) is 4.81. The van der Waals surface area contributed by atoms with Crippen molar-refractivity contribution in [2.24, 2.45) is 5.92 Å². The molecule has 1 saturated heterocycles. The molecule has 2 atom stereocenters. The highest BCUT2D eigenvalue weighted by Crippen LogP contribution is 2.36. The van der Waals surface area contributed by atoms with Crippen molar-refractivity contribution >= 4 is 6.09 Å². The highest BCUT2D eigenvalue weighted by Gasteiger charge is 2.35. The van der Waals surface area contributed by atoms with Crippen molar-refractivity contribution in [1.29, 1.82) is 0 Å². The van der Waals surface area contributed by atoms with Gasteiger partial charge in [-0.25, -0.2) is 4.79 Å². The molecular weight excluding hydrogens is 319 g/mol. The van der Waals surface area contributed by atoms with Crippen LogP contribution in [0.2, 0.25) is 0 Å². The van der Waals surface area contributed by atoms with Crippen molar-refractivity contribution in [3.05, 3.63) is 35.4 Å². The molecule has 6 heteroatoms. The van der Waals surface area contributed by atoms with Gasteiger partial charge < -0.3 is 9.64 Å². The summed E-state index contributed by atoms with van der Waals surface area (Å²) < 4.78 is 43.6. The molecule has 0 N–H and O–H groups in total. The monoisotopic (exact) mass is 343 g/mol. The summed E-state index contributed by atoms with van der Waals surface area (Å²) in [4.78, 5) is 14.1. The van der Waals surface area contributed by atoms with Crippen molar-refractivity contribution in [3.8, 4) is 0 Å². The Morgan fingerprint density at radius 2 is 1.75 bits per heavy atom. The normalized spacial score (nSPS) is 22.4. The van der Waals surface area contributed by atoms with Gasteiger partial charge in [0.25, 0.3) is 0 Å². The Morgan fingerprint density at radius 3 is 2.25 bits per heavy atom. The molecule has 0 bridgehead atoms. The predicted octanol–water partition coefficient (Wildman–Crippen LogP) is 5.41. The fourth-order valence-corrected chi connectivity index (χ4v) is 2.89. The van der Waals surface area contributed by atoms with E-state index >= 15 is 0 Å². The Bertz CT molecular complexity index is 575. The van der Waals surface area contributed by atoms with Crippen LogP contribution >= 0.6 is 0 Å². The molecular formula is C18H24F3NO2. The Balaban J connectivity index is 2.24. The summed E-state index contributed by atoms with van der Waals surface area (Å²) in [5, 5.41) is 0. The molecule has 1 heterocycles. The minimum absolute atomic E-state index is 0.258. The van der Waals surface area contributed by atoms with Gasteiger partial charge in [-0.2, -0.15) is 13.2 Å². The summed E-state index contributed by atoms with van der Waals surface area (Å²) in [5.41, 5.74) is -0.579. The van der Waals surface area contributed by atoms with Gasteiger partial charge in [0, 0.05) is 6.54 Å². The summed E-state index contributed by atoms with van der Waals surface area (Å²) in [6.07, 6.45) is -3.20. The third kappa shape index (κ3) is 4.65. The van der Waals surface area contributed by atoms with Crippen LogP contribution in [-0.4, -0.2) is 23.1 Å². The van der Waals surface area contributed by atoms with Gasteiger partial charge in [0.2, 0.25) is 0 Å². The van der Waals surface area contributed by atoms with E-state index in [9.17, 15) is 18.0 Å². The summed E-state index contributed by atoms with van der Waals surface area (Å²) in [6.45, 7) is 8.02. The Kier molecular flexibility index (Phi) is 5.16. The van der Waals surface area contributed by atoms with Crippen LogP contribution in [0.5, 0.6) is 0 Å². The largest absolute Gasteiger partial charge is 0.444 e. The van der Waals surface area contributed by atoms with Crippen LogP contribution in [0.25, 0.3) is 0 Å². The van der Waals surface area contributed by atoms with Crippen molar-refractivity contribution in [2.75, 3.05) is 6.54 Å². The molecule has 0 radical (unpaired) electrons. The van der Waals surface area contributed by atoms with E-state index in [1.165, 1.54) is 12.1 Å². The second-order valence-corrected chi connectivity index (χ2v) is 7.44. The van der Waals surface area contributed by atoms with Gasteiger partial charge in [-0.3, -0.25) is 0 Å². The molecule has 1 aliphatic rings. The van der Waals surface area contributed by atoms with Crippen molar-refractivity contribution in [3.63, 3.8) is 0 Å². The average Bonchev–Trinajstić information content (AvgIpc) is 2.44. The first kappa shape index (κ1) is 18.6. The highest BCUT2D eigenvalue weighted by atomic mass is 19.4. The predicted molar refractivity (Wildman–Crippen MR) is 85.5 cm³/mol. The van der Waals surface area contributed by atoms with Crippen LogP contribution < -0.4 is 0 Å². The quantitative estimate of drug-likeness (QED) is 0.682. The number of nitrogens with zero attached hydrogens (tertiary/aromatic N) is 1. The van der Waals surface area contributed by atoms with Gasteiger partial charge in [-0.05, 0) is 57.2 Å². The lowest BCUT2D eigenvalue weighted by molar-refractivity contribution is -0.137. The molecule has 3 nitrogen and oxygen atoms in total. The number of carbonyl (C=O) groups is 1. The van der Waals surface area contributed by atoms with E-state index < -0.39 is 23.4 Å². The van der Waals surface area contributed by atoms with E-state index in [4.69, 9.17) is 4.74 Å². The van der Waals surface area contributed by atoms with Crippen LogP contribution in [0.1, 0.15) is 57.7 Å². The number of carbonyl (C=O) groups excluding carboxylic acids is 1. The highest BCUT2D eigenvalue weighted by molar-refractivity contribution is 5.69. The van der Waals surface area contributed by atoms with Gasteiger partial charge in [-0.15, -0.1) is 0 Å². The van der Waals surface area contributed by atoms with Crippen LogP contribution in [0.3, 0.4) is 0 Å². The molecule has 1 aromatic carbocycles. The van der Waals surface area contributed by atoms with E-state index in [-0.39, 0.29) is 6.04 Å². The van der Waals surface area contributed by atoms with Crippen LogP contribution in [0.15, 0.2) is 24.3 Å². The number of rotatable bonds is 1. The lowest BCUT2D eigenvalue weighted by atomic mass is 9.88. The summed E-state index contributed by atoms with van der Waals surface area (Å²) in [7, 11) is 0. The number of halogens is 3. The fraction of sp³-hybridized carbons (Fsp3) is 0.611. The molecule has 1 aromatic rings. The standard InChI is InChI=1S/C18H24F3NO2/c1-12-9-10-22(16(23)24-17(2,3)4)15(11-12)13-5-7-14(8-6-13)18(19,20)21/h5-8,12,15H,9-11H2,1-4H3/t12-,15+/m1/s1. The van der Waals surface area contributed by atoms with E-state index in [1.807, 2.05) is 0 Å². The number of amides is 1. The third-order valence-electron chi connectivity index (χ3n) is 4.12. The Labute approximate surface area is 140 Å². The molecule has 0 spiro atoms. The number of piperidine rings is 1. The molecule has 1 aliphatic heterocycles. The van der Waals surface area contributed by atoms with Crippen molar-refractivity contribution in [1.82, 2.24) is 4.90 Å². The summed E-state index contributed by atoms with van der Waals surface area (Å²) in [5.74, 6) is 0.399. The molecule has 2 rings (SSSR count). The van der Waals surface area contributed by atoms with E-state index in [1.54, 1.807) is 25.7 Å². The zero-order chi connectivity index (χ0) is 18.1. The first-order chi connectivity index (χ1) is 11.0. The number of hydrogen-bond acceptors (Lipinski definition) is 2. The molecule has 134 valence electrons. The van der Waals surface area contributed by atoms with Gasteiger partial charge in [0.1, 0.15) is 5.60 Å². The summed E-state index contributed by atoms with van der Waals surface area (Å²) >= 11 is 0. The van der Waals surface area contributed by atoms with E-state index in [0.717, 1.165) is 18.6 Å². The maximum absolute atomic E-state index is 12.7. The van der Waals surface area contributed by atoms with Crippen molar-refractivity contribution < 1.29 is 22.7 Å². The van der Waals surface area contributed by atoms with Crippen molar-refractivity contribution in [2.45, 2.75) is 58.4 Å². The molecule has 0 saturated carbocycles. The Hall–Kier alpha value is -1.72. The number of ether oxygens (including phenoxy) is 1. The van der Waals surface area contributed by atoms with Gasteiger partial charge in [0.05, 0.1) is 11.6 Å². The van der Waals surface area contributed by atoms with Gasteiger partial charge >= 0.3 is 12.3 Å². The van der Waals surface area contributed by atoms with E-state index in [2.05, 4.69) is 6.92 Å². The van der Waals surface area contributed by atoms with Crippen LogP contribution in [-0.2, 0) is 10.9 Å².